The smallest absolute Gasteiger partial charge is 0.261 e. The monoisotopic (exact) mass is 432 g/mol. The molecule has 1 atom stereocenters. The number of carbonyl (C=O) groups excluding carboxylic acids is 2. The van der Waals surface area contributed by atoms with Crippen molar-refractivity contribution in [3.8, 4) is 5.75 Å². The molecule has 0 spiro atoms. The van der Waals surface area contributed by atoms with Gasteiger partial charge in [0.2, 0.25) is 5.91 Å². The molecule has 8 heteroatoms. The molecule has 3 rings (SSSR count). The first kappa shape index (κ1) is 22.7. The number of halogens is 2. The number of hydrogen-bond acceptors (Lipinski definition) is 4. The predicted molar refractivity (Wildman–Crippen MR) is 112 cm³/mol. The molecule has 0 aromatic heterocycles. The van der Waals surface area contributed by atoms with E-state index in [-0.39, 0.29) is 30.9 Å². The van der Waals surface area contributed by atoms with Crippen LogP contribution in [0.2, 0.25) is 0 Å². The van der Waals surface area contributed by atoms with Crippen LogP contribution in [0.25, 0.3) is 0 Å². The molecule has 1 heterocycles. The van der Waals surface area contributed by atoms with Gasteiger partial charge in [-0.2, -0.15) is 0 Å². The van der Waals surface area contributed by atoms with Gasteiger partial charge < -0.3 is 19.7 Å². The van der Waals surface area contributed by atoms with Crippen LogP contribution in [0, 0.1) is 25.5 Å². The topological polar surface area (TPSA) is 67.9 Å². The van der Waals surface area contributed by atoms with Crippen molar-refractivity contribution in [1.29, 1.82) is 0 Å². The summed E-state index contributed by atoms with van der Waals surface area (Å²) >= 11 is 0. The Morgan fingerprint density at radius 3 is 2.74 bits per heavy atom. The summed E-state index contributed by atoms with van der Waals surface area (Å²) in [4.78, 5) is 26.7. The van der Waals surface area contributed by atoms with Gasteiger partial charge in [-0.05, 0) is 56.0 Å². The van der Waals surface area contributed by atoms with Gasteiger partial charge >= 0.3 is 0 Å². The summed E-state index contributed by atoms with van der Waals surface area (Å²) in [5.41, 5.74) is 2.67. The Kier molecular flexibility index (Phi) is 7.57. The van der Waals surface area contributed by atoms with Crippen LogP contribution in [-0.4, -0.2) is 49.1 Å². The van der Waals surface area contributed by atoms with Gasteiger partial charge in [-0.15, -0.1) is 0 Å². The second-order valence-corrected chi connectivity index (χ2v) is 7.57. The van der Waals surface area contributed by atoms with Gasteiger partial charge in [0.1, 0.15) is 12.4 Å². The molecule has 0 radical (unpaired) electrons. The molecular weight excluding hydrogens is 406 g/mol. The normalized spacial score (nSPS) is 15.5. The number of carbonyl (C=O) groups is 2. The van der Waals surface area contributed by atoms with E-state index in [0.29, 0.717) is 18.4 Å². The average Bonchev–Trinajstić information content (AvgIpc) is 3.23. The van der Waals surface area contributed by atoms with Crippen LogP contribution in [0.5, 0.6) is 5.75 Å². The van der Waals surface area contributed by atoms with Crippen molar-refractivity contribution in [2.75, 3.05) is 31.6 Å². The van der Waals surface area contributed by atoms with Crippen molar-refractivity contribution in [1.82, 2.24) is 4.90 Å². The van der Waals surface area contributed by atoms with Gasteiger partial charge in [0.05, 0.1) is 6.10 Å². The molecule has 1 fully saturated rings. The van der Waals surface area contributed by atoms with E-state index >= 15 is 0 Å². The Morgan fingerprint density at radius 2 is 2.03 bits per heavy atom. The minimum absolute atomic E-state index is 0.167. The summed E-state index contributed by atoms with van der Waals surface area (Å²) in [7, 11) is 0. The van der Waals surface area contributed by atoms with Crippen LogP contribution in [0.1, 0.15) is 24.0 Å². The zero-order chi connectivity index (χ0) is 22.4. The number of aryl methyl sites for hydroxylation is 1. The standard InChI is InChI=1S/C23H26F2N2O4/c1-15-5-3-7-20(16(15)2)26-22(28)13-27(12-18-6-4-10-30-18)23(29)14-31-21-9-8-17(24)11-19(21)25/h3,5,7-9,11,18H,4,6,10,12-14H2,1-2H3,(H,26,28). The fraction of sp³-hybridized carbons (Fsp3) is 0.391. The molecule has 0 saturated carbocycles. The number of rotatable bonds is 8. The highest BCUT2D eigenvalue weighted by Crippen LogP contribution is 2.20. The molecule has 1 aliphatic heterocycles. The molecule has 166 valence electrons. The van der Waals surface area contributed by atoms with Gasteiger partial charge in [0, 0.05) is 24.9 Å². The zero-order valence-corrected chi connectivity index (χ0v) is 17.6. The summed E-state index contributed by atoms with van der Waals surface area (Å²) < 4.78 is 37.7. The van der Waals surface area contributed by atoms with E-state index in [2.05, 4.69) is 5.32 Å². The highest BCUT2D eigenvalue weighted by molar-refractivity contribution is 5.95. The van der Waals surface area contributed by atoms with Crippen LogP contribution in [0.15, 0.2) is 36.4 Å². The van der Waals surface area contributed by atoms with Gasteiger partial charge in [-0.25, -0.2) is 8.78 Å². The van der Waals surface area contributed by atoms with Gasteiger partial charge in [0.15, 0.2) is 18.2 Å². The van der Waals surface area contributed by atoms with Crippen LogP contribution in [0.3, 0.4) is 0 Å². The molecule has 1 N–H and O–H groups in total. The van der Waals surface area contributed by atoms with Gasteiger partial charge in [0.25, 0.3) is 5.91 Å². The molecule has 0 aliphatic carbocycles. The minimum Gasteiger partial charge on any atom is -0.481 e. The van der Waals surface area contributed by atoms with E-state index in [9.17, 15) is 18.4 Å². The Labute approximate surface area is 180 Å². The minimum atomic E-state index is -0.897. The van der Waals surface area contributed by atoms with E-state index in [1.807, 2.05) is 26.0 Å². The van der Waals surface area contributed by atoms with E-state index in [1.165, 1.54) is 4.90 Å². The number of nitrogens with zero attached hydrogens (tertiary/aromatic N) is 1. The molecule has 1 unspecified atom stereocenters. The summed E-state index contributed by atoms with van der Waals surface area (Å²) in [6.45, 7) is 4.02. The molecule has 2 aromatic carbocycles. The summed E-state index contributed by atoms with van der Waals surface area (Å²) in [5, 5.41) is 2.83. The van der Waals surface area contributed by atoms with Crippen LogP contribution in [-0.2, 0) is 14.3 Å². The number of amides is 2. The fourth-order valence-corrected chi connectivity index (χ4v) is 3.36. The van der Waals surface area contributed by atoms with Crippen molar-refractivity contribution in [2.24, 2.45) is 0 Å². The third-order valence-corrected chi connectivity index (χ3v) is 5.26. The molecule has 31 heavy (non-hydrogen) atoms. The largest absolute Gasteiger partial charge is 0.481 e. The van der Waals surface area contributed by atoms with Crippen molar-refractivity contribution in [3.63, 3.8) is 0 Å². The fourth-order valence-electron chi connectivity index (χ4n) is 3.36. The van der Waals surface area contributed by atoms with Gasteiger partial charge in [-0.3, -0.25) is 9.59 Å². The summed E-state index contributed by atoms with van der Waals surface area (Å²) in [6.07, 6.45) is 1.51. The third kappa shape index (κ3) is 6.24. The molecule has 0 bridgehead atoms. The van der Waals surface area contributed by atoms with E-state index in [1.54, 1.807) is 6.07 Å². The van der Waals surface area contributed by atoms with Crippen molar-refractivity contribution >= 4 is 17.5 Å². The second-order valence-electron chi connectivity index (χ2n) is 7.57. The Bertz CT molecular complexity index is 945. The maximum absolute atomic E-state index is 13.8. The van der Waals surface area contributed by atoms with E-state index in [0.717, 1.165) is 36.1 Å². The first-order valence-electron chi connectivity index (χ1n) is 10.2. The average molecular weight is 432 g/mol. The molecular formula is C23H26F2N2O4. The second kappa shape index (κ2) is 10.3. The molecule has 1 saturated heterocycles. The Morgan fingerprint density at radius 1 is 1.23 bits per heavy atom. The lowest BCUT2D eigenvalue weighted by Crippen LogP contribution is -2.44. The first-order valence-corrected chi connectivity index (χ1v) is 10.2. The van der Waals surface area contributed by atoms with Crippen molar-refractivity contribution in [3.05, 3.63) is 59.2 Å². The highest BCUT2D eigenvalue weighted by atomic mass is 19.1. The zero-order valence-electron chi connectivity index (χ0n) is 17.6. The maximum Gasteiger partial charge on any atom is 0.261 e. The lowest BCUT2D eigenvalue weighted by molar-refractivity contribution is -0.138. The molecule has 1 aliphatic rings. The quantitative estimate of drug-likeness (QED) is 0.692. The molecule has 2 aromatic rings. The molecule has 6 nitrogen and oxygen atoms in total. The predicted octanol–water partition coefficient (Wildman–Crippen LogP) is 3.61. The number of benzene rings is 2. The van der Waals surface area contributed by atoms with Crippen LogP contribution in [0.4, 0.5) is 14.5 Å². The Balaban J connectivity index is 1.65. The van der Waals surface area contributed by atoms with Crippen LogP contribution >= 0.6 is 0 Å². The number of anilines is 1. The highest BCUT2D eigenvalue weighted by Gasteiger charge is 2.25. The first-order chi connectivity index (χ1) is 14.8. The van der Waals surface area contributed by atoms with Crippen molar-refractivity contribution < 1.29 is 27.8 Å². The molecule has 2 amide bonds. The number of hydrogen-bond donors (Lipinski definition) is 1. The van der Waals surface area contributed by atoms with E-state index in [4.69, 9.17) is 9.47 Å². The number of nitrogens with one attached hydrogen (secondary N) is 1. The van der Waals surface area contributed by atoms with Crippen molar-refractivity contribution in [2.45, 2.75) is 32.8 Å². The lowest BCUT2D eigenvalue weighted by atomic mass is 10.1. The summed E-state index contributed by atoms with van der Waals surface area (Å²) in [6, 6.07) is 8.44. The SMILES string of the molecule is Cc1cccc(NC(=O)CN(CC2CCCO2)C(=O)COc2ccc(F)cc2F)c1C. The number of ether oxygens (including phenoxy) is 2. The van der Waals surface area contributed by atoms with Crippen LogP contribution < -0.4 is 10.1 Å². The van der Waals surface area contributed by atoms with Gasteiger partial charge in [-0.1, -0.05) is 12.1 Å². The summed E-state index contributed by atoms with van der Waals surface area (Å²) in [5.74, 6) is -2.71. The maximum atomic E-state index is 13.8. The Hall–Kier alpha value is -3.00. The lowest BCUT2D eigenvalue weighted by Gasteiger charge is -2.25. The van der Waals surface area contributed by atoms with E-state index < -0.39 is 24.1 Å². The third-order valence-electron chi connectivity index (χ3n) is 5.26.